The number of nitrogens with two attached hydrogens (primary N) is 1. The van der Waals surface area contributed by atoms with E-state index in [4.69, 9.17) is 5.73 Å². The van der Waals surface area contributed by atoms with Crippen molar-refractivity contribution >= 4 is 11.8 Å². The fourth-order valence-corrected chi connectivity index (χ4v) is 2.44. The summed E-state index contributed by atoms with van der Waals surface area (Å²) in [5, 5.41) is 0. The zero-order valence-electron chi connectivity index (χ0n) is 8.83. The summed E-state index contributed by atoms with van der Waals surface area (Å²) in [4.78, 5) is 2.44. The van der Waals surface area contributed by atoms with E-state index in [2.05, 4.69) is 18.9 Å². The van der Waals surface area contributed by atoms with Crippen molar-refractivity contribution in [2.75, 3.05) is 31.6 Å². The molecule has 13 heavy (non-hydrogen) atoms. The Hall–Kier alpha value is 0.270. The molecule has 0 aromatic heterocycles. The van der Waals surface area contributed by atoms with Gasteiger partial charge in [-0.2, -0.15) is 11.8 Å². The van der Waals surface area contributed by atoms with Crippen molar-refractivity contribution in [1.29, 1.82) is 0 Å². The first-order chi connectivity index (χ1) is 6.29. The Balaban J connectivity index is 2.15. The largest absolute Gasteiger partial charge is 0.329 e. The average Bonchev–Trinajstić information content (AvgIpc) is 2.90. The Morgan fingerprint density at radius 2 is 2.23 bits per heavy atom. The molecule has 1 saturated carbocycles. The molecule has 1 aliphatic rings. The molecule has 0 aromatic rings. The maximum atomic E-state index is 5.77. The quantitative estimate of drug-likeness (QED) is 0.633. The summed E-state index contributed by atoms with van der Waals surface area (Å²) in [6.07, 6.45) is 2.79. The summed E-state index contributed by atoms with van der Waals surface area (Å²) < 4.78 is 0. The predicted molar refractivity (Wildman–Crippen MR) is 61.2 cm³/mol. The van der Waals surface area contributed by atoms with Crippen LogP contribution in [0.25, 0.3) is 0 Å². The molecule has 1 rings (SSSR count). The lowest BCUT2D eigenvalue weighted by Crippen LogP contribution is -2.40. The third-order valence-corrected chi connectivity index (χ3v) is 3.65. The molecule has 0 saturated heterocycles. The van der Waals surface area contributed by atoms with Gasteiger partial charge < -0.3 is 10.6 Å². The van der Waals surface area contributed by atoms with Crippen molar-refractivity contribution in [1.82, 2.24) is 4.90 Å². The van der Waals surface area contributed by atoms with E-state index in [1.165, 1.54) is 30.9 Å². The van der Waals surface area contributed by atoms with Gasteiger partial charge in [-0.15, -0.1) is 0 Å². The summed E-state index contributed by atoms with van der Waals surface area (Å²) in [7, 11) is 2.21. The molecule has 3 heteroatoms. The van der Waals surface area contributed by atoms with Crippen molar-refractivity contribution in [2.24, 2.45) is 11.7 Å². The van der Waals surface area contributed by atoms with Crippen LogP contribution < -0.4 is 5.73 Å². The van der Waals surface area contributed by atoms with Gasteiger partial charge in [0.25, 0.3) is 0 Å². The highest BCUT2D eigenvalue weighted by Gasteiger charge is 2.32. The molecule has 0 aliphatic heterocycles. The molecule has 0 radical (unpaired) electrons. The van der Waals surface area contributed by atoms with Gasteiger partial charge in [-0.05, 0) is 31.6 Å². The number of likely N-dealkylation sites (N-methyl/N-ethyl adjacent to an activating group) is 1. The van der Waals surface area contributed by atoms with Crippen LogP contribution in [0.15, 0.2) is 0 Å². The van der Waals surface area contributed by atoms with Crippen LogP contribution in [0.1, 0.15) is 19.8 Å². The number of thioether (sulfide) groups is 1. The summed E-state index contributed by atoms with van der Waals surface area (Å²) in [6.45, 7) is 4.24. The highest BCUT2D eigenvalue weighted by atomic mass is 32.2. The second-order valence-corrected chi connectivity index (χ2v) is 5.21. The minimum Gasteiger partial charge on any atom is -0.329 e. The smallest absolute Gasteiger partial charge is 0.0243 e. The lowest BCUT2D eigenvalue weighted by molar-refractivity contribution is 0.236. The van der Waals surface area contributed by atoms with E-state index in [-0.39, 0.29) is 0 Å². The molecule has 0 spiro atoms. The van der Waals surface area contributed by atoms with Crippen molar-refractivity contribution in [2.45, 2.75) is 25.8 Å². The molecule has 1 fully saturated rings. The van der Waals surface area contributed by atoms with Crippen LogP contribution in [0.4, 0.5) is 0 Å². The van der Waals surface area contributed by atoms with Crippen LogP contribution in [-0.2, 0) is 0 Å². The minimum absolute atomic E-state index is 0.650. The lowest BCUT2D eigenvalue weighted by atomic mass is 10.1. The van der Waals surface area contributed by atoms with Gasteiger partial charge >= 0.3 is 0 Å². The van der Waals surface area contributed by atoms with Crippen LogP contribution >= 0.6 is 11.8 Å². The molecule has 1 aliphatic carbocycles. The molecule has 0 heterocycles. The Kier molecular flexibility index (Phi) is 5.14. The molecule has 1 atom stereocenters. The summed E-state index contributed by atoms with van der Waals surface area (Å²) >= 11 is 2.01. The Bertz CT molecular complexity index is 137. The number of hydrogen-bond donors (Lipinski definition) is 1. The number of hydrogen-bond acceptors (Lipinski definition) is 3. The molecule has 2 nitrogen and oxygen atoms in total. The molecule has 2 N–H and O–H groups in total. The Morgan fingerprint density at radius 1 is 1.54 bits per heavy atom. The zero-order valence-corrected chi connectivity index (χ0v) is 9.65. The first-order valence-electron chi connectivity index (χ1n) is 5.27. The minimum atomic E-state index is 0.650. The van der Waals surface area contributed by atoms with Crippen molar-refractivity contribution in [3.8, 4) is 0 Å². The second kappa shape index (κ2) is 5.89. The topological polar surface area (TPSA) is 29.3 Å². The molecule has 0 aromatic carbocycles. The van der Waals surface area contributed by atoms with Crippen molar-refractivity contribution in [3.63, 3.8) is 0 Å². The molecule has 0 amide bonds. The van der Waals surface area contributed by atoms with E-state index in [0.717, 1.165) is 12.5 Å². The van der Waals surface area contributed by atoms with E-state index >= 15 is 0 Å². The van der Waals surface area contributed by atoms with Gasteiger partial charge in [-0.1, -0.05) is 6.92 Å². The first-order valence-corrected chi connectivity index (χ1v) is 6.43. The van der Waals surface area contributed by atoms with Crippen LogP contribution in [0.3, 0.4) is 0 Å². The summed E-state index contributed by atoms with van der Waals surface area (Å²) in [5.41, 5.74) is 5.77. The first kappa shape index (κ1) is 11.3. The SMILES string of the molecule is CCSCCN(C)C(CN)C1CC1. The highest BCUT2D eigenvalue weighted by Crippen LogP contribution is 2.34. The highest BCUT2D eigenvalue weighted by molar-refractivity contribution is 7.99. The van der Waals surface area contributed by atoms with E-state index in [1.807, 2.05) is 11.8 Å². The van der Waals surface area contributed by atoms with E-state index in [9.17, 15) is 0 Å². The molecule has 78 valence electrons. The Morgan fingerprint density at radius 3 is 2.69 bits per heavy atom. The summed E-state index contributed by atoms with van der Waals surface area (Å²) in [5.74, 6) is 3.38. The van der Waals surface area contributed by atoms with E-state index in [0.29, 0.717) is 6.04 Å². The summed E-state index contributed by atoms with van der Waals surface area (Å²) in [6, 6.07) is 0.650. The number of rotatable bonds is 7. The van der Waals surface area contributed by atoms with Crippen LogP contribution in [0, 0.1) is 5.92 Å². The maximum absolute atomic E-state index is 5.77. The molecule has 0 bridgehead atoms. The van der Waals surface area contributed by atoms with Crippen molar-refractivity contribution < 1.29 is 0 Å². The van der Waals surface area contributed by atoms with Gasteiger partial charge in [0.1, 0.15) is 0 Å². The van der Waals surface area contributed by atoms with Gasteiger partial charge in [0, 0.05) is 24.9 Å². The van der Waals surface area contributed by atoms with Crippen LogP contribution in [-0.4, -0.2) is 42.6 Å². The monoisotopic (exact) mass is 202 g/mol. The molecule has 1 unspecified atom stereocenters. The lowest BCUT2D eigenvalue weighted by Gasteiger charge is -2.26. The fraction of sp³-hybridized carbons (Fsp3) is 1.00. The van der Waals surface area contributed by atoms with Gasteiger partial charge in [-0.25, -0.2) is 0 Å². The third kappa shape index (κ3) is 3.88. The Labute approximate surface area is 86.2 Å². The fourth-order valence-electron chi connectivity index (χ4n) is 1.73. The van der Waals surface area contributed by atoms with Crippen LogP contribution in [0.2, 0.25) is 0 Å². The van der Waals surface area contributed by atoms with Crippen LogP contribution in [0.5, 0.6) is 0 Å². The van der Waals surface area contributed by atoms with E-state index in [1.54, 1.807) is 0 Å². The van der Waals surface area contributed by atoms with Gasteiger partial charge in [0.05, 0.1) is 0 Å². The molecular weight excluding hydrogens is 180 g/mol. The maximum Gasteiger partial charge on any atom is 0.0243 e. The molecular formula is C10H22N2S. The number of nitrogens with zero attached hydrogens (tertiary/aromatic N) is 1. The standard InChI is InChI=1S/C10H22N2S/c1-3-13-7-6-12(2)10(8-11)9-4-5-9/h9-10H,3-8,11H2,1-2H3. The predicted octanol–water partition coefficient (Wildman–Crippen LogP) is 1.41. The average molecular weight is 202 g/mol. The third-order valence-electron chi connectivity index (χ3n) is 2.77. The normalized spacial score (nSPS) is 19.4. The van der Waals surface area contributed by atoms with Gasteiger partial charge in [0.2, 0.25) is 0 Å². The van der Waals surface area contributed by atoms with Gasteiger partial charge in [-0.3, -0.25) is 0 Å². The van der Waals surface area contributed by atoms with E-state index < -0.39 is 0 Å². The zero-order chi connectivity index (χ0) is 9.68. The second-order valence-electron chi connectivity index (χ2n) is 3.82. The van der Waals surface area contributed by atoms with Crippen molar-refractivity contribution in [3.05, 3.63) is 0 Å². The van der Waals surface area contributed by atoms with Gasteiger partial charge in [0.15, 0.2) is 0 Å².